The van der Waals surface area contributed by atoms with Crippen molar-refractivity contribution >= 4 is 5.78 Å². The van der Waals surface area contributed by atoms with Crippen molar-refractivity contribution in [2.45, 2.75) is 13.8 Å². The fourth-order valence-corrected chi connectivity index (χ4v) is 2.10. The first-order valence-corrected chi connectivity index (χ1v) is 6.27. The van der Waals surface area contributed by atoms with Crippen molar-refractivity contribution in [3.05, 3.63) is 41.6 Å². The quantitative estimate of drug-likeness (QED) is 0.801. The topological polar surface area (TPSA) is 48.4 Å². The molecule has 0 N–H and O–H groups in total. The molecule has 0 unspecified atom stereocenters. The molecule has 2 rings (SSSR count). The zero-order valence-electron chi connectivity index (χ0n) is 12.1. The second kappa shape index (κ2) is 5.74. The number of rotatable bonds is 4. The van der Waals surface area contributed by atoms with Crippen LogP contribution in [0, 0.1) is 6.92 Å². The van der Waals surface area contributed by atoms with Gasteiger partial charge in [-0.25, -0.2) is 0 Å². The van der Waals surface area contributed by atoms with E-state index in [0.717, 1.165) is 17.0 Å². The number of ketones is 1. The summed E-state index contributed by atoms with van der Waals surface area (Å²) in [7, 11) is 3.23. The lowest BCUT2D eigenvalue weighted by Crippen LogP contribution is -2.00. The van der Waals surface area contributed by atoms with Crippen molar-refractivity contribution in [2.75, 3.05) is 14.2 Å². The third kappa shape index (κ3) is 2.64. The summed E-state index contributed by atoms with van der Waals surface area (Å²) in [6.07, 6.45) is 0. The lowest BCUT2D eigenvalue weighted by atomic mass is 10.1. The van der Waals surface area contributed by atoms with Crippen molar-refractivity contribution in [3.8, 4) is 22.8 Å². The summed E-state index contributed by atoms with van der Waals surface area (Å²) < 4.78 is 10.6. The zero-order valence-corrected chi connectivity index (χ0v) is 12.1. The van der Waals surface area contributed by atoms with Crippen LogP contribution in [0.4, 0.5) is 0 Å². The average Bonchev–Trinajstić information content (AvgIpc) is 2.46. The van der Waals surface area contributed by atoms with Crippen molar-refractivity contribution in [2.24, 2.45) is 0 Å². The highest BCUT2D eigenvalue weighted by molar-refractivity contribution is 5.95. The van der Waals surface area contributed by atoms with Gasteiger partial charge in [-0.1, -0.05) is 0 Å². The number of pyridine rings is 1. The molecule has 1 aromatic heterocycles. The highest BCUT2D eigenvalue weighted by Gasteiger charge is 2.12. The van der Waals surface area contributed by atoms with E-state index in [1.165, 1.54) is 6.92 Å². The summed E-state index contributed by atoms with van der Waals surface area (Å²) in [5, 5.41) is 0. The molecule has 1 aromatic carbocycles. The van der Waals surface area contributed by atoms with Crippen LogP contribution in [0.2, 0.25) is 0 Å². The molecule has 20 heavy (non-hydrogen) atoms. The van der Waals surface area contributed by atoms with Gasteiger partial charge in [0.25, 0.3) is 0 Å². The molecule has 0 amide bonds. The Bertz CT molecular complexity index is 650. The molecule has 0 bridgehead atoms. The maximum absolute atomic E-state index is 11.5. The number of aryl methyl sites for hydroxylation is 1. The molecule has 0 aliphatic heterocycles. The summed E-state index contributed by atoms with van der Waals surface area (Å²) in [5.74, 6) is 1.46. The maximum Gasteiger partial charge on any atom is 0.161 e. The van der Waals surface area contributed by atoms with E-state index in [1.807, 2.05) is 31.2 Å². The summed E-state index contributed by atoms with van der Waals surface area (Å²) in [4.78, 5) is 15.9. The van der Waals surface area contributed by atoms with Gasteiger partial charge in [0.15, 0.2) is 5.78 Å². The Morgan fingerprint density at radius 2 is 1.85 bits per heavy atom. The Balaban J connectivity index is 2.55. The smallest absolute Gasteiger partial charge is 0.161 e. The van der Waals surface area contributed by atoms with Crippen LogP contribution in [0.5, 0.6) is 11.5 Å². The first-order chi connectivity index (χ1) is 9.56. The molecule has 0 atom stereocenters. The molecule has 0 aliphatic rings. The number of hydrogen-bond acceptors (Lipinski definition) is 4. The van der Waals surface area contributed by atoms with E-state index >= 15 is 0 Å². The number of Topliss-reactive ketones (excluding diaryl/α,β-unsaturated/α-hetero) is 1. The molecule has 4 nitrogen and oxygen atoms in total. The van der Waals surface area contributed by atoms with Gasteiger partial charge in [-0.2, -0.15) is 0 Å². The normalized spacial score (nSPS) is 10.2. The van der Waals surface area contributed by atoms with Crippen LogP contribution in [0.15, 0.2) is 30.3 Å². The van der Waals surface area contributed by atoms with Gasteiger partial charge in [-0.05, 0) is 44.2 Å². The summed E-state index contributed by atoms with van der Waals surface area (Å²) >= 11 is 0. The van der Waals surface area contributed by atoms with Gasteiger partial charge in [-0.3, -0.25) is 9.78 Å². The molecule has 1 heterocycles. The first kappa shape index (κ1) is 14.1. The number of carbonyl (C=O) groups is 1. The standard InChI is InChI=1S/C16H17NO3/c1-10-13(11(2)18)6-7-15(17-10)14-9-12(19-3)5-8-16(14)20-4/h5-9H,1-4H3. The molecule has 0 saturated carbocycles. The number of hydrogen-bond donors (Lipinski definition) is 0. The number of benzene rings is 1. The van der Waals surface area contributed by atoms with Crippen LogP contribution >= 0.6 is 0 Å². The van der Waals surface area contributed by atoms with Crippen LogP contribution in [-0.2, 0) is 0 Å². The highest BCUT2D eigenvalue weighted by atomic mass is 16.5. The van der Waals surface area contributed by atoms with Crippen molar-refractivity contribution < 1.29 is 14.3 Å². The number of carbonyl (C=O) groups excluding carboxylic acids is 1. The molecule has 0 spiro atoms. The molecule has 4 heteroatoms. The minimum absolute atomic E-state index is 0.0131. The van der Waals surface area contributed by atoms with Crippen LogP contribution in [0.3, 0.4) is 0 Å². The number of ether oxygens (including phenoxy) is 2. The van der Waals surface area contributed by atoms with Gasteiger partial charge in [0, 0.05) is 16.8 Å². The molecule has 104 valence electrons. The van der Waals surface area contributed by atoms with E-state index < -0.39 is 0 Å². The van der Waals surface area contributed by atoms with E-state index in [9.17, 15) is 4.79 Å². The van der Waals surface area contributed by atoms with Gasteiger partial charge >= 0.3 is 0 Å². The minimum Gasteiger partial charge on any atom is -0.497 e. The Hall–Kier alpha value is -2.36. The summed E-state index contributed by atoms with van der Waals surface area (Å²) in [6.45, 7) is 3.36. The van der Waals surface area contributed by atoms with E-state index in [0.29, 0.717) is 17.0 Å². The van der Waals surface area contributed by atoms with Gasteiger partial charge in [0.1, 0.15) is 11.5 Å². The first-order valence-electron chi connectivity index (χ1n) is 6.27. The van der Waals surface area contributed by atoms with E-state index in [2.05, 4.69) is 4.98 Å². The second-order valence-electron chi connectivity index (χ2n) is 4.45. The van der Waals surface area contributed by atoms with Gasteiger partial charge in [-0.15, -0.1) is 0 Å². The van der Waals surface area contributed by atoms with Crippen LogP contribution in [0.25, 0.3) is 11.3 Å². The van der Waals surface area contributed by atoms with E-state index in [-0.39, 0.29) is 5.78 Å². The molecule has 0 aliphatic carbocycles. The predicted molar refractivity (Wildman–Crippen MR) is 77.5 cm³/mol. The fraction of sp³-hybridized carbons (Fsp3) is 0.250. The number of methoxy groups -OCH3 is 2. The minimum atomic E-state index is 0.0131. The van der Waals surface area contributed by atoms with Crippen molar-refractivity contribution in [1.82, 2.24) is 4.98 Å². The average molecular weight is 271 g/mol. The Kier molecular flexibility index (Phi) is 4.03. The van der Waals surface area contributed by atoms with E-state index in [4.69, 9.17) is 9.47 Å². The maximum atomic E-state index is 11.5. The Morgan fingerprint density at radius 3 is 2.40 bits per heavy atom. The number of nitrogens with zero attached hydrogens (tertiary/aromatic N) is 1. The fourth-order valence-electron chi connectivity index (χ4n) is 2.10. The molecular formula is C16H17NO3. The number of aromatic nitrogens is 1. The van der Waals surface area contributed by atoms with Crippen LogP contribution in [-0.4, -0.2) is 25.0 Å². The largest absolute Gasteiger partial charge is 0.497 e. The molecule has 2 aromatic rings. The Morgan fingerprint density at radius 1 is 1.10 bits per heavy atom. The monoisotopic (exact) mass is 271 g/mol. The van der Waals surface area contributed by atoms with E-state index in [1.54, 1.807) is 20.3 Å². The highest BCUT2D eigenvalue weighted by Crippen LogP contribution is 2.32. The van der Waals surface area contributed by atoms with Crippen LogP contribution < -0.4 is 9.47 Å². The predicted octanol–water partition coefficient (Wildman–Crippen LogP) is 3.28. The van der Waals surface area contributed by atoms with Crippen LogP contribution in [0.1, 0.15) is 23.0 Å². The summed E-state index contributed by atoms with van der Waals surface area (Å²) in [6, 6.07) is 9.15. The van der Waals surface area contributed by atoms with Gasteiger partial charge in [0.05, 0.1) is 19.9 Å². The van der Waals surface area contributed by atoms with Crippen molar-refractivity contribution in [3.63, 3.8) is 0 Å². The lowest BCUT2D eigenvalue weighted by molar-refractivity contribution is 0.101. The molecule has 0 saturated heterocycles. The molecule has 0 radical (unpaired) electrons. The summed E-state index contributed by atoms with van der Waals surface area (Å²) in [5.41, 5.74) is 2.93. The molecule has 0 fully saturated rings. The van der Waals surface area contributed by atoms with Gasteiger partial charge in [0.2, 0.25) is 0 Å². The zero-order chi connectivity index (χ0) is 14.7. The van der Waals surface area contributed by atoms with Gasteiger partial charge < -0.3 is 9.47 Å². The Labute approximate surface area is 118 Å². The third-order valence-electron chi connectivity index (χ3n) is 3.15. The second-order valence-corrected chi connectivity index (χ2v) is 4.45. The SMILES string of the molecule is COc1ccc(OC)c(-c2ccc(C(C)=O)c(C)n2)c1. The third-order valence-corrected chi connectivity index (χ3v) is 3.15. The van der Waals surface area contributed by atoms with Crippen molar-refractivity contribution in [1.29, 1.82) is 0 Å². The lowest BCUT2D eigenvalue weighted by Gasteiger charge is -2.11. The molecular weight excluding hydrogens is 254 g/mol.